The van der Waals surface area contributed by atoms with Gasteiger partial charge in [0.25, 0.3) is 0 Å². The molecule has 0 amide bonds. The van der Waals surface area contributed by atoms with Crippen LogP contribution in [0.3, 0.4) is 0 Å². The number of aliphatic hydroxyl groups is 2. The molecule has 166 valence electrons. The zero-order valence-electron chi connectivity index (χ0n) is 17.6. The lowest BCUT2D eigenvalue weighted by molar-refractivity contribution is 0.179. The first-order valence-corrected chi connectivity index (χ1v) is 9.78. The lowest BCUT2D eigenvalue weighted by Gasteiger charge is -2.17. The monoisotopic (exact) mass is 531 g/mol. The van der Waals surface area contributed by atoms with Crippen molar-refractivity contribution in [3.05, 3.63) is 65.0 Å². The summed E-state index contributed by atoms with van der Waals surface area (Å²) in [5.74, 6) is 0.821. The molecule has 0 aliphatic carbocycles. The SMILES string of the molecule is CCNC(=NCc1ccc(F)c(CO)c1)NCC(O)c1cccc(OC(C)C)c1.I. The zero-order valence-corrected chi connectivity index (χ0v) is 19.9. The molecule has 0 bridgehead atoms. The summed E-state index contributed by atoms with van der Waals surface area (Å²) in [6.45, 7) is 6.74. The highest BCUT2D eigenvalue weighted by molar-refractivity contribution is 14.0. The summed E-state index contributed by atoms with van der Waals surface area (Å²) in [6.07, 6.45) is -0.674. The van der Waals surface area contributed by atoms with Crippen LogP contribution in [-0.2, 0) is 13.2 Å². The van der Waals surface area contributed by atoms with Gasteiger partial charge in [-0.2, -0.15) is 0 Å². The molecule has 0 saturated carbocycles. The summed E-state index contributed by atoms with van der Waals surface area (Å²) in [7, 11) is 0. The molecular formula is C22H31FIN3O3. The molecule has 0 fully saturated rings. The average molecular weight is 531 g/mol. The molecule has 0 aliphatic rings. The summed E-state index contributed by atoms with van der Waals surface area (Å²) < 4.78 is 19.2. The maximum atomic E-state index is 13.5. The van der Waals surface area contributed by atoms with Gasteiger partial charge in [0.15, 0.2) is 5.96 Å². The Labute approximate surface area is 194 Å². The summed E-state index contributed by atoms with van der Waals surface area (Å²) >= 11 is 0. The Morgan fingerprint density at radius 1 is 1.17 bits per heavy atom. The summed E-state index contributed by atoms with van der Waals surface area (Å²) in [5, 5.41) is 25.9. The highest BCUT2D eigenvalue weighted by Crippen LogP contribution is 2.20. The lowest BCUT2D eigenvalue weighted by atomic mass is 10.1. The van der Waals surface area contributed by atoms with Crippen LogP contribution in [0.1, 0.15) is 43.6 Å². The van der Waals surface area contributed by atoms with Crippen LogP contribution in [0.2, 0.25) is 0 Å². The number of halogens is 2. The Morgan fingerprint density at radius 2 is 1.93 bits per heavy atom. The topological polar surface area (TPSA) is 86.1 Å². The van der Waals surface area contributed by atoms with Crippen molar-refractivity contribution in [2.24, 2.45) is 4.99 Å². The van der Waals surface area contributed by atoms with Gasteiger partial charge >= 0.3 is 0 Å². The van der Waals surface area contributed by atoms with Gasteiger partial charge in [-0.05, 0) is 56.2 Å². The van der Waals surface area contributed by atoms with Gasteiger partial charge in [0.05, 0.1) is 25.4 Å². The van der Waals surface area contributed by atoms with E-state index >= 15 is 0 Å². The normalized spacial score (nSPS) is 12.3. The van der Waals surface area contributed by atoms with Crippen molar-refractivity contribution >= 4 is 29.9 Å². The number of benzene rings is 2. The summed E-state index contributed by atoms with van der Waals surface area (Å²) in [5.41, 5.74) is 1.78. The second-order valence-corrected chi connectivity index (χ2v) is 6.91. The van der Waals surface area contributed by atoms with Gasteiger partial charge in [-0.25, -0.2) is 9.38 Å². The average Bonchev–Trinajstić information content (AvgIpc) is 2.70. The van der Waals surface area contributed by atoms with Crippen molar-refractivity contribution in [2.75, 3.05) is 13.1 Å². The maximum absolute atomic E-state index is 13.5. The Kier molecular flexibility index (Phi) is 11.7. The van der Waals surface area contributed by atoms with Gasteiger partial charge in [-0.15, -0.1) is 24.0 Å². The molecule has 0 aliphatic heterocycles. The Morgan fingerprint density at radius 3 is 2.60 bits per heavy atom. The highest BCUT2D eigenvalue weighted by atomic mass is 127. The second-order valence-electron chi connectivity index (χ2n) is 6.91. The number of aliphatic hydroxyl groups excluding tert-OH is 2. The zero-order chi connectivity index (χ0) is 21.2. The molecule has 1 unspecified atom stereocenters. The number of nitrogens with one attached hydrogen (secondary N) is 2. The van der Waals surface area contributed by atoms with E-state index in [-0.39, 0.29) is 48.8 Å². The van der Waals surface area contributed by atoms with Crippen LogP contribution in [0.5, 0.6) is 5.75 Å². The predicted molar refractivity (Wildman–Crippen MR) is 128 cm³/mol. The van der Waals surface area contributed by atoms with Crippen molar-refractivity contribution in [1.29, 1.82) is 0 Å². The molecule has 0 spiro atoms. The molecule has 8 heteroatoms. The van der Waals surface area contributed by atoms with E-state index in [0.717, 1.165) is 11.1 Å². The third kappa shape index (κ3) is 8.45. The van der Waals surface area contributed by atoms with Crippen LogP contribution in [0.25, 0.3) is 0 Å². The van der Waals surface area contributed by atoms with Gasteiger partial charge in [-0.3, -0.25) is 0 Å². The number of nitrogens with zero attached hydrogens (tertiary/aromatic N) is 1. The first-order valence-electron chi connectivity index (χ1n) is 9.78. The molecule has 2 aromatic rings. The van der Waals surface area contributed by atoms with E-state index in [0.29, 0.717) is 24.8 Å². The van der Waals surface area contributed by atoms with Gasteiger partial charge in [0.2, 0.25) is 0 Å². The minimum Gasteiger partial charge on any atom is -0.491 e. The fourth-order valence-electron chi connectivity index (χ4n) is 2.74. The quantitative estimate of drug-likeness (QED) is 0.226. The molecule has 2 aromatic carbocycles. The smallest absolute Gasteiger partial charge is 0.191 e. The lowest BCUT2D eigenvalue weighted by Crippen LogP contribution is -2.39. The van der Waals surface area contributed by atoms with Gasteiger partial charge in [0.1, 0.15) is 11.6 Å². The molecule has 6 nitrogen and oxygen atoms in total. The van der Waals surface area contributed by atoms with E-state index in [1.165, 1.54) is 6.07 Å². The number of hydrogen-bond acceptors (Lipinski definition) is 4. The number of aliphatic imine (C=N–C) groups is 1. The van der Waals surface area contributed by atoms with E-state index < -0.39 is 11.9 Å². The fraction of sp³-hybridized carbons (Fsp3) is 0.409. The summed E-state index contributed by atoms with van der Waals surface area (Å²) in [4.78, 5) is 4.47. The number of hydrogen-bond donors (Lipinski definition) is 4. The molecular weight excluding hydrogens is 500 g/mol. The van der Waals surface area contributed by atoms with E-state index in [9.17, 15) is 14.6 Å². The Balaban J connectivity index is 0.00000450. The van der Waals surface area contributed by atoms with Crippen molar-refractivity contribution in [1.82, 2.24) is 10.6 Å². The maximum Gasteiger partial charge on any atom is 0.191 e. The Bertz CT molecular complexity index is 818. The van der Waals surface area contributed by atoms with Crippen LogP contribution >= 0.6 is 24.0 Å². The van der Waals surface area contributed by atoms with E-state index in [1.807, 2.05) is 45.0 Å². The molecule has 0 radical (unpaired) electrons. The van der Waals surface area contributed by atoms with Crippen LogP contribution in [0.4, 0.5) is 4.39 Å². The summed E-state index contributed by atoms with van der Waals surface area (Å²) in [6, 6.07) is 11.9. The first-order chi connectivity index (χ1) is 13.9. The number of rotatable bonds is 9. The number of guanidine groups is 1. The van der Waals surface area contributed by atoms with Crippen LogP contribution in [-0.4, -0.2) is 35.4 Å². The van der Waals surface area contributed by atoms with Crippen LogP contribution in [0.15, 0.2) is 47.5 Å². The third-order valence-corrected chi connectivity index (χ3v) is 4.12. The molecule has 30 heavy (non-hydrogen) atoms. The van der Waals surface area contributed by atoms with E-state index in [1.54, 1.807) is 12.1 Å². The molecule has 0 heterocycles. The van der Waals surface area contributed by atoms with E-state index in [2.05, 4.69) is 15.6 Å². The van der Waals surface area contributed by atoms with Crippen LogP contribution in [0, 0.1) is 5.82 Å². The Hall–Kier alpha value is -1.91. The van der Waals surface area contributed by atoms with Gasteiger partial charge in [-0.1, -0.05) is 18.2 Å². The van der Waals surface area contributed by atoms with Gasteiger partial charge < -0.3 is 25.6 Å². The molecule has 0 aromatic heterocycles. The minimum atomic E-state index is -0.735. The predicted octanol–water partition coefficient (Wildman–Crippen LogP) is 3.51. The molecule has 4 N–H and O–H groups in total. The second kappa shape index (κ2) is 13.4. The van der Waals surface area contributed by atoms with Crippen molar-refractivity contribution < 1.29 is 19.3 Å². The highest BCUT2D eigenvalue weighted by Gasteiger charge is 2.10. The fourth-order valence-corrected chi connectivity index (χ4v) is 2.74. The standard InChI is InChI=1S/C22H30FN3O3.HI/c1-4-24-22(25-12-16-8-9-20(23)18(10-16)14-27)26-13-21(28)17-6-5-7-19(11-17)29-15(2)3;/h5-11,15,21,27-28H,4,12-14H2,1-3H3,(H2,24,25,26);1H. The van der Waals surface area contributed by atoms with Crippen molar-refractivity contribution in [3.8, 4) is 5.75 Å². The minimum absolute atomic E-state index is 0. The number of ether oxygens (including phenoxy) is 1. The first kappa shape index (κ1) is 26.1. The molecule has 2 rings (SSSR count). The van der Waals surface area contributed by atoms with Gasteiger partial charge in [0, 0.05) is 18.7 Å². The van der Waals surface area contributed by atoms with Crippen LogP contribution < -0.4 is 15.4 Å². The largest absolute Gasteiger partial charge is 0.491 e. The third-order valence-electron chi connectivity index (χ3n) is 4.12. The molecule has 1 atom stereocenters. The van der Waals surface area contributed by atoms with E-state index in [4.69, 9.17) is 4.74 Å². The molecule has 0 saturated heterocycles. The van der Waals surface area contributed by atoms with Crippen molar-refractivity contribution in [2.45, 2.75) is 46.1 Å². The van der Waals surface area contributed by atoms with Crippen molar-refractivity contribution in [3.63, 3.8) is 0 Å².